The number of hydrogen-bond acceptors (Lipinski definition) is 2. The predicted molar refractivity (Wildman–Crippen MR) is 94.7 cm³/mol. The van der Waals surface area contributed by atoms with Gasteiger partial charge in [0.2, 0.25) is 0 Å². The molecule has 6 heteroatoms. The molecule has 3 N–H and O–H groups in total. The number of fused-ring (bicyclic) bond motifs is 1. The Morgan fingerprint density at radius 1 is 1.40 bits per heavy atom. The molecule has 0 radical (unpaired) electrons. The Balaban J connectivity index is 0.00000200. The number of hydrogen-bond donors (Lipinski definition) is 3. The van der Waals surface area contributed by atoms with Gasteiger partial charge in [-0.05, 0) is 38.5 Å². The van der Waals surface area contributed by atoms with Crippen molar-refractivity contribution < 1.29 is 0 Å². The fourth-order valence-corrected chi connectivity index (χ4v) is 1.90. The number of rotatable bonds is 3. The molecule has 0 amide bonds. The van der Waals surface area contributed by atoms with Crippen molar-refractivity contribution in [2.45, 2.75) is 33.4 Å². The molecule has 5 nitrogen and oxygen atoms in total. The smallest absolute Gasteiger partial charge is 0.191 e. The highest BCUT2D eigenvalue weighted by atomic mass is 127. The van der Waals surface area contributed by atoms with Crippen LogP contribution in [-0.2, 0) is 6.54 Å². The fraction of sp³-hybridized carbons (Fsp3) is 0.429. The maximum Gasteiger partial charge on any atom is 0.191 e. The van der Waals surface area contributed by atoms with E-state index in [1.165, 1.54) is 5.56 Å². The Morgan fingerprint density at radius 2 is 2.15 bits per heavy atom. The fourth-order valence-electron chi connectivity index (χ4n) is 1.90. The molecule has 0 saturated heterocycles. The third-order valence-corrected chi connectivity index (χ3v) is 2.76. The Labute approximate surface area is 136 Å². The molecule has 1 aromatic carbocycles. The molecule has 1 aromatic heterocycles. The van der Waals surface area contributed by atoms with Crippen molar-refractivity contribution in [3.05, 3.63) is 29.6 Å². The van der Waals surface area contributed by atoms with Gasteiger partial charge in [0, 0.05) is 13.1 Å². The number of aromatic amines is 1. The molecular formula is C14H22IN5. The maximum atomic E-state index is 4.54. The van der Waals surface area contributed by atoms with E-state index in [1.54, 1.807) is 7.05 Å². The highest BCUT2D eigenvalue weighted by Crippen LogP contribution is 2.12. The summed E-state index contributed by atoms with van der Waals surface area (Å²) in [5, 5.41) is 6.48. The van der Waals surface area contributed by atoms with Crippen LogP contribution in [-0.4, -0.2) is 29.0 Å². The number of nitrogens with one attached hydrogen (secondary N) is 3. The van der Waals surface area contributed by atoms with Gasteiger partial charge >= 0.3 is 0 Å². The van der Waals surface area contributed by atoms with Gasteiger partial charge in [0.25, 0.3) is 0 Å². The van der Waals surface area contributed by atoms with Crippen molar-refractivity contribution in [1.29, 1.82) is 0 Å². The van der Waals surface area contributed by atoms with Crippen LogP contribution in [0.25, 0.3) is 11.0 Å². The van der Waals surface area contributed by atoms with Gasteiger partial charge in [0.15, 0.2) is 5.96 Å². The van der Waals surface area contributed by atoms with E-state index in [4.69, 9.17) is 0 Å². The average molecular weight is 387 g/mol. The zero-order valence-corrected chi connectivity index (χ0v) is 14.6. The van der Waals surface area contributed by atoms with Crippen LogP contribution in [0.4, 0.5) is 0 Å². The number of aryl methyl sites for hydroxylation is 1. The number of aliphatic imine (C=N–C) groups is 1. The lowest BCUT2D eigenvalue weighted by molar-refractivity contribution is 0.694. The van der Waals surface area contributed by atoms with Crippen LogP contribution in [0.5, 0.6) is 0 Å². The topological polar surface area (TPSA) is 65.1 Å². The molecule has 0 aliphatic heterocycles. The van der Waals surface area contributed by atoms with E-state index in [0.717, 1.165) is 22.8 Å². The van der Waals surface area contributed by atoms with Crippen molar-refractivity contribution in [3.63, 3.8) is 0 Å². The Hall–Kier alpha value is -1.31. The van der Waals surface area contributed by atoms with Crippen LogP contribution in [0, 0.1) is 6.92 Å². The molecule has 20 heavy (non-hydrogen) atoms. The van der Waals surface area contributed by atoms with Gasteiger partial charge in [-0.25, -0.2) is 4.98 Å². The SMILES string of the molecule is CN=C(NCc1nc2ccc(C)cc2[nH]1)NC(C)C.I. The van der Waals surface area contributed by atoms with Gasteiger partial charge in [-0.3, -0.25) is 4.99 Å². The summed E-state index contributed by atoms with van der Waals surface area (Å²) < 4.78 is 0. The van der Waals surface area contributed by atoms with Crippen LogP contribution in [0.3, 0.4) is 0 Å². The zero-order valence-electron chi connectivity index (χ0n) is 12.3. The van der Waals surface area contributed by atoms with Gasteiger partial charge in [0.1, 0.15) is 5.82 Å². The lowest BCUT2D eigenvalue weighted by atomic mass is 10.2. The van der Waals surface area contributed by atoms with E-state index in [2.05, 4.69) is 58.5 Å². The molecule has 0 bridgehead atoms. The number of H-pyrrole nitrogens is 1. The first-order valence-corrected chi connectivity index (χ1v) is 6.51. The summed E-state index contributed by atoms with van der Waals surface area (Å²) in [6.45, 7) is 6.86. The Kier molecular flexibility index (Phi) is 6.25. The summed E-state index contributed by atoms with van der Waals surface area (Å²) >= 11 is 0. The molecular weight excluding hydrogens is 365 g/mol. The first kappa shape index (κ1) is 16.7. The standard InChI is InChI=1S/C14H21N5.HI/c1-9(2)17-14(15-4)16-8-13-18-11-6-5-10(3)7-12(11)19-13;/h5-7,9H,8H2,1-4H3,(H,18,19)(H2,15,16,17);1H. The van der Waals surface area contributed by atoms with E-state index < -0.39 is 0 Å². The van der Waals surface area contributed by atoms with Crippen molar-refractivity contribution in [2.75, 3.05) is 7.05 Å². The van der Waals surface area contributed by atoms with E-state index in [9.17, 15) is 0 Å². The van der Waals surface area contributed by atoms with Crippen LogP contribution in [0.15, 0.2) is 23.2 Å². The third kappa shape index (κ3) is 4.36. The highest BCUT2D eigenvalue weighted by molar-refractivity contribution is 14.0. The average Bonchev–Trinajstić information content (AvgIpc) is 2.75. The van der Waals surface area contributed by atoms with Crippen LogP contribution >= 0.6 is 24.0 Å². The quantitative estimate of drug-likeness (QED) is 0.431. The number of imidazole rings is 1. The molecule has 0 saturated carbocycles. The zero-order chi connectivity index (χ0) is 13.8. The predicted octanol–water partition coefficient (Wildman–Crippen LogP) is 2.56. The molecule has 0 aliphatic rings. The number of aromatic nitrogens is 2. The maximum absolute atomic E-state index is 4.54. The second kappa shape index (κ2) is 7.47. The number of guanidine groups is 1. The summed E-state index contributed by atoms with van der Waals surface area (Å²) in [5.41, 5.74) is 3.30. The van der Waals surface area contributed by atoms with E-state index in [-0.39, 0.29) is 24.0 Å². The molecule has 1 heterocycles. The minimum absolute atomic E-state index is 0. The molecule has 0 aliphatic carbocycles. The van der Waals surface area contributed by atoms with Crippen molar-refractivity contribution in [3.8, 4) is 0 Å². The van der Waals surface area contributed by atoms with E-state index >= 15 is 0 Å². The van der Waals surface area contributed by atoms with Gasteiger partial charge < -0.3 is 15.6 Å². The third-order valence-electron chi connectivity index (χ3n) is 2.76. The van der Waals surface area contributed by atoms with Gasteiger partial charge in [-0.1, -0.05) is 6.07 Å². The lowest BCUT2D eigenvalue weighted by Gasteiger charge is -2.13. The molecule has 0 unspecified atom stereocenters. The normalized spacial score (nSPS) is 11.6. The molecule has 0 atom stereocenters. The van der Waals surface area contributed by atoms with E-state index in [0.29, 0.717) is 12.6 Å². The number of benzene rings is 1. The van der Waals surface area contributed by atoms with Crippen LogP contribution in [0.1, 0.15) is 25.2 Å². The second-order valence-corrected chi connectivity index (χ2v) is 4.93. The first-order chi connectivity index (χ1) is 9.08. The molecule has 2 aromatic rings. The summed E-state index contributed by atoms with van der Waals surface area (Å²) in [6, 6.07) is 6.56. The van der Waals surface area contributed by atoms with Crippen molar-refractivity contribution in [2.24, 2.45) is 4.99 Å². The van der Waals surface area contributed by atoms with Crippen molar-refractivity contribution >= 4 is 41.0 Å². The van der Waals surface area contributed by atoms with Crippen molar-refractivity contribution in [1.82, 2.24) is 20.6 Å². The second-order valence-electron chi connectivity index (χ2n) is 4.93. The van der Waals surface area contributed by atoms with Crippen LogP contribution in [0.2, 0.25) is 0 Å². The largest absolute Gasteiger partial charge is 0.354 e. The highest BCUT2D eigenvalue weighted by Gasteiger charge is 2.04. The van der Waals surface area contributed by atoms with Crippen LogP contribution < -0.4 is 10.6 Å². The number of nitrogens with zero attached hydrogens (tertiary/aromatic N) is 2. The van der Waals surface area contributed by atoms with Gasteiger partial charge in [0.05, 0.1) is 17.6 Å². The van der Waals surface area contributed by atoms with Gasteiger partial charge in [-0.2, -0.15) is 0 Å². The Morgan fingerprint density at radius 3 is 2.80 bits per heavy atom. The number of halogens is 1. The molecule has 0 fully saturated rings. The summed E-state index contributed by atoms with van der Waals surface area (Å²) in [5.74, 6) is 1.69. The molecule has 0 spiro atoms. The van der Waals surface area contributed by atoms with E-state index in [1.807, 2.05) is 6.07 Å². The summed E-state index contributed by atoms with van der Waals surface area (Å²) in [4.78, 5) is 12.0. The molecule has 110 valence electrons. The first-order valence-electron chi connectivity index (χ1n) is 6.51. The lowest BCUT2D eigenvalue weighted by Crippen LogP contribution is -2.40. The Bertz CT molecular complexity index is 588. The summed E-state index contributed by atoms with van der Waals surface area (Å²) in [6.07, 6.45) is 0. The minimum atomic E-state index is 0. The van der Waals surface area contributed by atoms with Gasteiger partial charge in [-0.15, -0.1) is 24.0 Å². The summed E-state index contributed by atoms with van der Waals surface area (Å²) in [7, 11) is 1.76. The monoisotopic (exact) mass is 387 g/mol. The minimum Gasteiger partial charge on any atom is -0.354 e. The molecule has 2 rings (SSSR count).